The molecule has 0 saturated carbocycles. The maximum absolute atomic E-state index is 12.4. The van der Waals surface area contributed by atoms with Gasteiger partial charge in [0.05, 0.1) is 6.54 Å². The number of nitrogens with one attached hydrogen (secondary N) is 1. The van der Waals surface area contributed by atoms with Gasteiger partial charge in [0.25, 0.3) is 5.91 Å². The summed E-state index contributed by atoms with van der Waals surface area (Å²) in [6, 6.07) is 0. The quantitative estimate of drug-likeness (QED) is 0.379. The van der Waals surface area contributed by atoms with Gasteiger partial charge in [-0.25, -0.2) is 0 Å². The van der Waals surface area contributed by atoms with Gasteiger partial charge < -0.3 is 24.4 Å². The molecule has 1 N–H and O–H groups in total. The molecule has 1 aromatic rings. The van der Waals surface area contributed by atoms with Gasteiger partial charge in [-0.1, -0.05) is 0 Å². The third-order valence-electron chi connectivity index (χ3n) is 4.90. The minimum absolute atomic E-state index is 0. The maximum atomic E-state index is 12.4. The minimum Gasteiger partial charge on any atom is -0.368 e. The number of carbonyl (C=O) groups is 1. The molecule has 2 aliphatic rings. The first-order chi connectivity index (χ1) is 12.1. The normalized spacial score (nSPS) is 20.9. The lowest BCUT2D eigenvalue weighted by Crippen LogP contribution is -2.55. The predicted molar refractivity (Wildman–Crippen MR) is 108 cm³/mol. The Hall–Kier alpha value is -1.43. The molecule has 1 aromatic heterocycles. The van der Waals surface area contributed by atoms with Gasteiger partial charge in [-0.15, -0.1) is 34.2 Å². The zero-order valence-corrected chi connectivity index (χ0v) is 18.0. The second-order valence-corrected chi connectivity index (χ2v) is 6.44. The second kappa shape index (κ2) is 9.49. The molecule has 26 heavy (non-hydrogen) atoms. The van der Waals surface area contributed by atoms with Crippen molar-refractivity contribution >= 4 is 35.8 Å². The fourth-order valence-electron chi connectivity index (χ4n) is 3.21. The lowest BCUT2D eigenvalue weighted by atomic mass is 10.2. The van der Waals surface area contributed by atoms with Gasteiger partial charge in [0.2, 0.25) is 0 Å². The third kappa shape index (κ3) is 4.64. The highest BCUT2D eigenvalue weighted by Gasteiger charge is 2.30. The fourth-order valence-corrected chi connectivity index (χ4v) is 3.21. The first-order valence-electron chi connectivity index (χ1n) is 8.81. The van der Waals surface area contributed by atoms with E-state index in [2.05, 4.69) is 25.4 Å². The van der Waals surface area contributed by atoms with Crippen LogP contribution in [0.5, 0.6) is 0 Å². The molecule has 3 rings (SSSR count). The van der Waals surface area contributed by atoms with E-state index >= 15 is 0 Å². The third-order valence-corrected chi connectivity index (χ3v) is 4.90. The first kappa shape index (κ1) is 20.9. The number of carbonyl (C=O) groups excluding carboxylic acids is 1. The van der Waals surface area contributed by atoms with Crippen LogP contribution in [0.2, 0.25) is 0 Å². The fraction of sp³-hybridized carbons (Fsp3) is 0.750. The Morgan fingerprint density at radius 3 is 2.50 bits per heavy atom. The standard InChI is InChI=1S/C16H27N7O2.HI/c1-12-19-20-14(21(12)3)11-18-16(17-2)23-8-6-22(7-9-23)15(24)13-5-4-10-25-13;/h13H,4-11H2,1-3H3,(H,17,18);1H. The minimum atomic E-state index is -0.233. The first-order valence-corrected chi connectivity index (χ1v) is 8.81. The molecule has 146 valence electrons. The van der Waals surface area contributed by atoms with E-state index in [-0.39, 0.29) is 36.0 Å². The zero-order chi connectivity index (χ0) is 17.8. The van der Waals surface area contributed by atoms with Crippen LogP contribution in [0, 0.1) is 6.92 Å². The van der Waals surface area contributed by atoms with Crippen molar-refractivity contribution in [2.45, 2.75) is 32.4 Å². The number of halogens is 1. The number of amides is 1. The van der Waals surface area contributed by atoms with Gasteiger partial charge in [0.1, 0.15) is 11.9 Å². The Balaban J connectivity index is 0.00000243. The van der Waals surface area contributed by atoms with Gasteiger partial charge in [-0.05, 0) is 19.8 Å². The summed E-state index contributed by atoms with van der Waals surface area (Å²) >= 11 is 0. The van der Waals surface area contributed by atoms with Crippen LogP contribution in [0.15, 0.2) is 4.99 Å². The molecule has 0 spiro atoms. The van der Waals surface area contributed by atoms with Gasteiger partial charge in [-0.2, -0.15) is 0 Å². The van der Waals surface area contributed by atoms with E-state index in [1.165, 1.54) is 0 Å². The summed E-state index contributed by atoms with van der Waals surface area (Å²) in [5, 5.41) is 11.6. The van der Waals surface area contributed by atoms with Gasteiger partial charge >= 0.3 is 0 Å². The molecule has 2 saturated heterocycles. The van der Waals surface area contributed by atoms with Crippen molar-refractivity contribution in [3.05, 3.63) is 11.6 Å². The molecule has 0 aromatic carbocycles. The van der Waals surface area contributed by atoms with E-state index in [0.717, 1.165) is 43.5 Å². The Bertz CT molecular complexity index is 635. The van der Waals surface area contributed by atoms with Crippen LogP contribution in [0.1, 0.15) is 24.5 Å². The number of nitrogens with zero attached hydrogens (tertiary/aromatic N) is 6. The van der Waals surface area contributed by atoms with Crippen molar-refractivity contribution in [2.24, 2.45) is 12.0 Å². The summed E-state index contributed by atoms with van der Waals surface area (Å²) in [5.41, 5.74) is 0. The van der Waals surface area contributed by atoms with E-state index in [4.69, 9.17) is 4.74 Å². The molecule has 1 atom stereocenters. The van der Waals surface area contributed by atoms with Gasteiger partial charge in [-0.3, -0.25) is 9.79 Å². The summed E-state index contributed by atoms with van der Waals surface area (Å²) in [5.74, 6) is 2.71. The molecular formula is C16H28IN7O2. The van der Waals surface area contributed by atoms with Crippen LogP contribution < -0.4 is 5.32 Å². The SMILES string of the molecule is CN=C(NCc1nnc(C)n1C)N1CCN(C(=O)C2CCCO2)CC1.I. The van der Waals surface area contributed by atoms with E-state index in [1.54, 1.807) is 7.05 Å². The van der Waals surface area contributed by atoms with Crippen molar-refractivity contribution in [3.63, 3.8) is 0 Å². The number of aliphatic imine (C=N–C) groups is 1. The number of hydrogen-bond donors (Lipinski definition) is 1. The van der Waals surface area contributed by atoms with Crippen molar-refractivity contribution in [1.82, 2.24) is 29.9 Å². The number of hydrogen-bond acceptors (Lipinski definition) is 5. The van der Waals surface area contributed by atoms with Crippen LogP contribution >= 0.6 is 24.0 Å². The number of piperazine rings is 1. The summed E-state index contributed by atoms with van der Waals surface area (Å²) in [6.45, 7) is 6.11. The van der Waals surface area contributed by atoms with Crippen LogP contribution in [0.3, 0.4) is 0 Å². The van der Waals surface area contributed by atoms with E-state index in [0.29, 0.717) is 26.2 Å². The number of guanidine groups is 1. The molecule has 0 bridgehead atoms. The molecular weight excluding hydrogens is 449 g/mol. The van der Waals surface area contributed by atoms with E-state index in [9.17, 15) is 4.79 Å². The average molecular weight is 477 g/mol. The van der Waals surface area contributed by atoms with Crippen LogP contribution in [-0.4, -0.2) is 82.4 Å². The second-order valence-electron chi connectivity index (χ2n) is 6.44. The van der Waals surface area contributed by atoms with Gasteiger partial charge in [0.15, 0.2) is 11.8 Å². The molecule has 0 radical (unpaired) electrons. The largest absolute Gasteiger partial charge is 0.368 e. The lowest BCUT2D eigenvalue weighted by Gasteiger charge is -2.37. The molecule has 3 heterocycles. The van der Waals surface area contributed by atoms with Crippen LogP contribution in [-0.2, 0) is 23.1 Å². The summed E-state index contributed by atoms with van der Waals surface area (Å²) in [4.78, 5) is 20.8. The molecule has 1 amide bonds. The lowest BCUT2D eigenvalue weighted by molar-refractivity contribution is -0.142. The zero-order valence-electron chi connectivity index (χ0n) is 15.6. The molecule has 1 unspecified atom stereocenters. The number of aromatic nitrogens is 3. The molecule has 10 heteroatoms. The highest BCUT2D eigenvalue weighted by atomic mass is 127. The Labute approximate surface area is 171 Å². The van der Waals surface area contributed by atoms with Crippen molar-refractivity contribution < 1.29 is 9.53 Å². The highest BCUT2D eigenvalue weighted by Crippen LogP contribution is 2.16. The number of aryl methyl sites for hydroxylation is 1. The van der Waals surface area contributed by atoms with Crippen molar-refractivity contribution in [3.8, 4) is 0 Å². The Morgan fingerprint density at radius 2 is 1.96 bits per heavy atom. The van der Waals surface area contributed by atoms with Gasteiger partial charge in [0, 0.05) is 46.9 Å². The number of rotatable bonds is 3. The molecule has 2 aliphatic heterocycles. The topological polar surface area (TPSA) is 87.9 Å². The summed E-state index contributed by atoms with van der Waals surface area (Å²) < 4.78 is 7.46. The Kier molecular flexibility index (Phi) is 7.62. The molecule has 2 fully saturated rings. The van der Waals surface area contributed by atoms with Crippen molar-refractivity contribution in [2.75, 3.05) is 39.8 Å². The van der Waals surface area contributed by atoms with Crippen LogP contribution in [0.25, 0.3) is 0 Å². The maximum Gasteiger partial charge on any atom is 0.251 e. The summed E-state index contributed by atoms with van der Waals surface area (Å²) in [6.07, 6.45) is 1.59. The predicted octanol–water partition coefficient (Wildman–Crippen LogP) is 0.140. The number of ether oxygens (including phenoxy) is 1. The molecule has 0 aliphatic carbocycles. The monoisotopic (exact) mass is 477 g/mol. The highest BCUT2D eigenvalue weighted by molar-refractivity contribution is 14.0. The average Bonchev–Trinajstić information content (AvgIpc) is 3.28. The molecule has 9 nitrogen and oxygen atoms in total. The van der Waals surface area contributed by atoms with Crippen molar-refractivity contribution in [1.29, 1.82) is 0 Å². The summed E-state index contributed by atoms with van der Waals surface area (Å²) in [7, 11) is 3.72. The van der Waals surface area contributed by atoms with E-state index in [1.807, 2.05) is 23.4 Å². The van der Waals surface area contributed by atoms with E-state index < -0.39 is 0 Å². The smallest absolute Gasteiger partial charge is 0.251 e. The Morgan fingerprint density at radius 1 is 1.27 bits per heavy atom. The van der Waals surface area contributed by atoms with Crippen LogP contribution in [0.4, 0.5) is 0 Å².